The van der Waals surface area contributed by atoms with Gasteiger partial charge < -0.3 is 5.32 Å². The van der Waals surface area contributed by atoms with Gasteiger partial charge in [-0.15, -0.1) is 0 Å². The van der Waals surface area contributed by atoms with Crippen LogP contribution in [0.1, 0.15) is 44.6 Å². The number of nitrogens with one attached hydrogen (secondary N) is 1. The molecular weight excluding hydrogens is 286 g/mol. The van der Waals surface area contributed by atoms with E-state index in [0.29, 0.717) is 0 Å². The third kappa shape index (κ3) is 4.10. The minimum Gasteiger partial charge on any atom is -0.314 e. The van der Waals surface area contributed by atoms with Gasteiger partial charge >= 0.3 is 0 Å². The van der Waals surface area contributed by atoms with Gasteiger partial charge in [0.2, 0.25) is 0 Å². The van der Waals surface area contributed by atoms with E-state index in [1.54, 1.807) is 0 Å². The number of hydrogen-bond acceptors (Lipinski definition) is 1. The van der Waals surface area contributed by atoms with E-state index in [-0.39, 0.29) is 0 Å². The standard InChI is InChI=1S/C16H24BrN/c1-2-18-16(14-5-3-4-6-14)12-9-13-7-10-15(17)11-8-13/h7-8,10-11,14,16,18H,2-6,9,12H2,1H3. The maximum absolute atomic E-state index is 3.70. The molecule has 2 rings (SSSR count). The lowest BCUT2D eigenvalue weighted by atomic mass is 9.92. The average molecular weight is 310 g/mol. The molecule has 1 atom stereocenters. The van der Waals surface area contributed by atoms with Crippen molar-refractivity contribution in [3.63, 3.8) is 0 Å². The van der Waals surface area contributed by atoms with Crippen molar-refractivity contribution in [2.24, 2.45) is 5.92 Å². The van der Waals surface area contributed by atoms with Crippen LogP contribution in [0.4, 0.5) is 0 Å². The summed E-state index contributed by atoms with van der Waals surface area (Å²) in [5, 5.41) is 3.70. The molecule has 1 aliphatic carbocycles. The van der Waals surface area contributed by atoms with Crippen LogP contribution in [0.3, 0.4) is 0 Å². The molecule has 1 saturated carbocycles. The topological polar surface area (TPSA) is 12.0 Å². The quantitative estimate of drug-likeness (QED) is 0.813. The molecule has 0 aliphatic heterocycles. The Morgan fingerprint density at radius 1 is 1.22 bits per heavy atom. The van der Waals surface area contributed by atoms with Crippen LogP contribution in [0.15, 0.2) is 28.7 Å². The second-order valence-electron chi connectivity index (χ2n) is 5.37. The van der Waals surface area contributed by atoms with Gasteiger partial charge in [-0.05, 0) is 55.8 Å². The maximum atomic E-state index is 3.70. The van der Waals surface area contributed by atoms with E-state index in [2.05, 4.69) is 52.4 Å². The van der Waals surface area contributed by atoms with Crippen LogP contribution in [0.5, 0.6) is 0 Å². The van der Waals surface area contributed by atoms with E-state index in [1.807, 2.05) is 0 Å². The van der Waals surface area contributed by atoms with Crippen LogP contribution in [0, 0.1) is 5.92 Å². The molecule has 1 N–H and O–H groups in total. The molecule has 100 valence electrons. The van der Waals surface area contributed by atoms with Gasteiger partial charge in [0.05, 0.1) is 0 Å². The summed E-state index contributed by atoms with van der Waals surface area (Å²) >= 11 is 3.49. The minimum atomic E-state index is 0.723. The Morgan fingerprint density at radius 2 is 1.89 bits per heavy atom. The molecule has 1 aliphatic rings. The maximum Gasteiger partial charge on any atom is 0.0175 e. The van der Waals surface area contributed by atoms with Crippen molar-refractivity contribution < 1.29 is 0 Å². The van der Waals surface area contributed by atoms with Gasteiger partial charge in [0.25, 0.3) is 0 Å². The number of benzene rings is 1. The van der Waals surface area contributed by atoms with Crippen LogP contribution in [0.25, 0.3) is 0 Å². The molecule has 1 aromatic rings. The largest absolute Gasteiger partial charge is 0.314 e. The first-order valence-electron chi connectivity index (χ1n) is 7.27. The Kier molecular flexibility index (Phi) is 5.71. The molecule has 0 saturated heterocycles. The summed E-state index contributed by atoms with van der Waals surface area (Å²) in [6, 6.07) is 9.49. The van der Waals surface area contributed by atoms with Crippen molar-refractivity contribution in [2.45, 2.75) is 51.5 Å². The van der Waals surface area contributed by atoms with Crippen LogP contribution < -0.4 is 5.32 Å². The fourth-order valence-electron chi connectivity index (χ4n) is 3.10. The summed E-state index contributed by atoms with van der Waals surface area (Å²) in [5.74, 6) is 0.917. The van der Waals surface area contributed by atoms with Crippen molar-refractivity contribution >= 4 is 15.9 Å². The number of rotatable bonds is 6. The zero-order chi connectivity index (χ0) is 12.8. The van der Waals surface area contributed by atoms with Gasteiger partial charge in [0, 0.05) is 10.5 Å². The van der Waals surface area contributed by atoms with Crippen molar-refractivity contribution in [3.05, 3.63) is 34.3 Å². The molecule has 0 heterocycles. The van der Waals surface area contributed by atoms with Gasteiger partial charge in [-0.2, -0.15) is 0 Å². The summed E-state index contributed by atoms with van der Waals surface area (Å²) in [7, 11) is 0. The summed E-state index contributed by atoms with van der Waals surface area (Å²) in [6.07, 6.45) is 8.20. The Balaban J connectivity index is 1.86. The van der Waals surface area contributed by atoms with Crippen LogP contribution in [-0.4, -0.2) is 12.6 Å². The van der Waals surface area contributed by atoms with Gasteiger partial charge in [0.1, 0.15) is 0 Å². The highest BCUT2D eigenvalue weighted by molar-refractivity contribution is 9.10. The Hall–Kier alpha value is -0.340. The van der Waals surface area contributed by atoms with E-state index < -0.39 is 0 Å². The second kappa shape index (κ2) is 7.30. The van der Waals surface area contributed by atoms with Crippen molar-refractivity contribution in [3.8, 4) is 0 Å². The van der Waals surface area contributed by atoms with Crippen LogP contribution in [0.2, 0.25) is 0 Å². The molecule has 2 heteroatoms. The number of hydrogen-bond donors (Lipinski definition) is 1. The molecule has 1 nitrogen and oxygen atoms in total. The molecule has 1 unspecified atom stereocenters. The molecule has 0 bridgehead atoms. The van der Waals surface area contributed by atoms with Crippen molar-refractivity contribution in [1.29, 1.82) is 0 Å². The highest BCUT2D eigenvalue weighted by atomic mass is 79.9. The Labute approximate surface area is 119 Å². The molecule has 1 aromatic carbocycles. The third-order valence-corrected chi connectivity index (χ3v) is 4.62. The van der Waals surface area contributed by atoms with Crippen molar-refractivity contribution in [1.82, 2.24) is 5.32 Å². The smallest absolute Gasteiger partial charge is 0.0175 e. The van der Waals surface area contributed by atoms with Gasteiger partial charge in [-0.25, -0.2) is 0 Å². The van der Waals surface area contributed by atoms with Gasteiger partial charge in [-0.3, -0.25) is 0 Å². The van der Waals surface area contributed by atoms with Crippen LogP contribution >= 0.6 is 15.9 Å². The van der Waals surface area contributed by atoms with E-state index in [4.69, 9.17) is 0 Å². The molecule has 1 fully saturated rings. The van der Waals surface area contributed by atoms with E-state index >= 15 is 0 Å². The zero-order valence-corrected chi connectivity index (χ0v) is 12.9. The first kappa shape index (κ1) is 14.1. The zero-order valence-electron chi connectivity index (χ0n) is 11.3. The molecule has 0 aromatic heterocycles. The summed E-state index contributed by atoms with van der Waals surface area (Å²) in [6.45, 7) is 3.32. The molecule has 18 heavy (non-hydrogen) atoms. The molecule has 0 spiro atoms. The third-order valence-electron chi connectivity index (χ3n) is 4.09. The summed E-state index contributed by atoms with van der Waals surface area (Å²) in [4.78, 5) is 0. The second-order valence-corrected chi connectivity index (χ2v) is 6.29. The molecule has 0 radical (unpaired) electrons. The monoisotopic (exact) mass is 309 g/mol. The predicted molar refractivity (Wildman–Crippen MR) is 81.9 cm³/mol. The highest BCUT2D eigenvalue weighted by Crippen LogP contribution is 2.29. The van der Waals surface area contributed by atoms with E-state index in [1.165, 1.54) is 48.6 Å². The molecule has 0 amide bonds. The van der Waals surface area contributed by atoms with Gasteiger partial charge in [-0.1, -0.05) is 47.8 Å². The van der Waals surface area contributed by atoms with Crippen LogP contribution in [-0.2, 0) is 6.42 Å². The SMILES string of the molecule is CCNC(CCc1ccc(Br)cc1)C1CCCC1. The average Bonchev–Trinajstić information content (AvgIpc) is 2.90. The fraction of sp³-hybridized carbons (Fsp3) is 0.625. The normalized spacial score (nSPS) is 18.1. The first-order chi connectivity index (χ1) is 8.79. The lowest BCUT2D eigenvalue weighted by molar-refractivity contribution is 0.346. The predicted octanol–water partition coefficient (Wildman–Crippen LogP) is 4.55. The van der Waals surface area contributed by atoms with E-state index in [0.717, 1.165) is 18.5 Å². The highest BCUT2D eigenvalue weighted by Gasteiger charge is 2.23. The van der Waals surface area contributed by atoms with Crippen molar-refractivity contribution in [2.75, 3.05) is 6.54 Å². The minimum absolute atomic E-state index is 0.723. The number of halogens is 1. The van der Waals surface area contributed by atoms with Gasteiger partial charge in [0.15, 0.2) is 0 Å². The summed E-state index contributed by atoms with van der Waals surface area (Å²) in [5.41, 5.74) is 1.46. The lowest BCUT2D eigenvalue weighted by Crippen LogP contribution is -2.35. The number of aryl methyl sites for hydroxylation is 1. The lowest BCUT2D eigenvalue weighted by Gasteiger charge is -2.24. The summed E-state index contributed by atoms with van der Waals surface area (Å²) < 4.78 is 1.17. The fourth-order valence-corrected chi connectivity index (χ4v) is 3.36. The van der Waals surface area contributed by atoms with E-state index in [9.17, 15) is 0 Å². The first-order valence-corrected chi connectivity index (χ1v) is 8.06. The Morgan fingerprint density at radius 3 is 2.50 bits per heavy atom. The molecular formula is C16H24BrN. The Bertz CT molecular complexity index is 341.